The highest BCUT2D eigenvalue weighted by molar-refractivity contribution is 6.30. The van der Waals surface area contributed by atoms with Crippen molar-refractivity contribution < 1.29 is 9.59 Å². The first-order valence-electron chi connectivity index (χ1n) is 8.55. The summed E-state index contributed by atoms with van der Waals surface area (Å²) in [5.41, 5.74) is 1.99. The van der Waals surface area contributed by atoms with Gasteiger partial charge in [0.25, 0.3) is 0 Å². The predicted octanol–water partition coefficient (Wildman–Crippen LogP) is 4.06. The first-order chi connectivity index (χ1) is 12.6. The van der Waals surface area contributed by atoms with Gasteiger partial charge in [0, 0.05) is 34.5 Å². The van der Waals surface area contributed by atoms with Gasteiger partial charge in [-0.15, -0.1) is 0 Å². The molecule has 0 aliphatic carbocycles. The third-order valence-electron chi connectivity index (χ3n) is 4.12. The van der Waals surface area contributed by atoms with Crippen LogP contribution < -0.4 is 21.3 Å². The van der Waals surface area contributed by atoms with Gasteiger partial charge in [0.1, 0.15) is 0 Å². The highest BCUT2D eigenvalue weighted by Crippen LogP contribution is 2.17. The fraction of sp³-hybridized carbons (Fsp3) is 0.263. The number of hydrogen-bond donors (Lipinski definition) is 4. The second-order valence-electron chi connectivity index (χ2n) is 6.21. The Hall–Kier alpha value is -2.57. The van der Waals surface area contributed by atoms with Crippen molar-refractivity contribution in [3.63, 3.8) is 0 Å². The summed E-state index contributed by atoms with van der Waals surface area (Å²) in [5.74, 6) is -0.00871. The summed E-state index contributed by atoms with van der Waals surface area (Å²) >= 11 is 5.81. The van der Waals surface area contributed by atoms with E-state index in [1.54, 1.807) is 48.5 Å². The second-order valence-corrected chi connectivity index (χ2v) is 6.65. The van der Waals surface area contributed by atoms with Gasteiger partial charge in [0.15, 0.2) is 0 Å². The minimum atomic E-state index is -0.351. The molecule has 3 rings (SSSR count). The van der Waals surface area contributed by atoms with E-state index >= 15 is 0 Å². The van der Waals surface area contributed by atoms with Gasteiger partial charge in [-0.25, -0.2) is 4.79 Å². The molecule has 1 atom stereocenters. The van der Waals surface area contributed by atoms with Crippen LogP contribution in [0.5, 0.6) is 0 Å². The maximum absolute atomic E-state index is 12.0. The summed E-state index contributed by atoms with van der Waals surface area (Å²) in [6.45, 7) is 0.983. The molecule has 0 saturated carbocycles. The van der Waals surface area contributed by atoms with Crippen LogP contribution in [-0.2, 0) is 4.79 Å². The predicted molar refractivity (Wildman–Crippen MR) is 105 cm³/mol. The van der Waals surface area contributed by atoms with Crippen molar-refractivity contribution in [3.8, 4) is 0 Å². The molecule has 1 fully saturated rings. The van der Waals surface area contributed by atoms with Gasteiger partial charge >= 0.3 is 6.03 Å². The summed E-state index contributed by atoms with van der Waals surface area (Å²) in [5, 5.41) is 12.2. The Morgan fingerprint density at radius 1 is 0.923 bits per heavy atom. The standard InChI is InChI=1S/C19H21ClN4O2/c20-13-3-5-15(6-4-13)23-19(26)24-16-9-7-14(8-10-16)22-18(25)12-17-2-1-11-21-17/h3-10,17,21H,1-2,11-12H2,(H,22,25)(H2,23,24,26). The molecule has 1 heterocycles. The SMILES string of the molecule is O=C(CC1CCCN1)Nc1ccc(NC(=O)Nc2ccc(Cl)cc2)cc1. The van der Waals surface area contributed by atoms with Gasteiger partial charge < -0.3 is 21.3 Å². The molecule has 0 aromatic heterocycles. The highest BCUT2D eigenvalue weighted by atomic mass is 35.5. The number of anilines is 3. The van der Waals surface area contributed by atoms with Gasteiger partial charge in [-0.1, -0.05) is 11.6 Å². The monoisotopic (exact) mass is 372 g/mol. The molecule has 1 saturated heterocycles. The number of carbonyl (C=O) groups excluding carboxylic acids is 2. The maximum Gasteiger partial charge on any atom is 0.323 e. The van der Waals surface area contributed by atoms with Crippen LogP contribution in [0.1, 0.15) is 19.3 Å². The Labute approximate surface area is 157 Å². The molecule has 2 aromatic carbocycles. The van der Waals surface area contributed by atoms with Crippen molar-refractivity contribution in [1.82, 2.24) is 5.32 Å². The van der Waals surface area contributed by atoms with Gasteiger partial charge in [-0.2, -0.15) is 0 Å². The van der Waals surface area contributed by atoms with E-state index in [1.807, 2.05) is 0 Å². The summed E-state index contributed by atoms with van der Waals surface area (Å²) in [6.07, 6.45) is 2.64. The maximum atomic E-state index is 12.0. The summed E-state index contributed by atoms with van der Waals surface area (Å²) in [7, 11) is 0. The summed E-state index contributed by atoms with van der Waals surface area (Å²) in [4.78, 5) is 24.0. The molecule has 26 heavy (non-hydrogen) atoms. The Balaban J connectivity index is 1.48. The van der Waals surface area contributed by atoms with E-state index in [0.29, 0.717) is 28.5 Å². The zero-order valence-electron chi connectivity index (χ0n) is 14.2. The molecular formula is C19H21ClN4O2. The van der Waals surface area contributed by atoms with Crippen molar-refractivity contribution in [2.75, 3.05) is 22.5 Å². The van der Waals surface area contributed by atoms with Crippen molar-refractivity contribution in [2.45, 2.75) is 25.3 Å². The second kappa shape index (κ2) is 8.69. The average Bonchev–Trinajstić information content (AvgIpc) is 3.11. The smallest absolute Gasteiger partial charge is 0.323 e. The van der Waals surface area contributed by atoms with Crippen LogP contribution in [0.25, 0.3) is 0 Å². The number of nitrogens with one attached hydrogen (secondary N) is 4. The lowest BCUT2D eigenvalue weighted by atomic mass is 10.1. The molecule has 3 amide bonds. The molecule has 6 nitrogen and oxygen atoms in total. The molecule has 0 bridgehead atoms. The first-order valence-corrected chi connectivity index (χ1v) is 8.93. The molecule has 1 unspecified atom stereocenters. The largest absolute Gasteiger partial charge is 0.326 e. The number of hydrogen-bond acceptors (Lipinski definition) is 3. The lowest BCUT2D eigenvalue weighted by Gasteiger charge is -2.11. The van der Waals surface area contributed by atoms with Crippen molar-refractivity contribution in [3.05, 3.63) is 53.6 Å². The topological polar surface area (TPSA) is 82.3 Å². The van der Waals surface area contributed by atoms with Crippen LogP contribution in [0.2, 0.25) is 5.02 Å². The van der Waals surface area contributed by atoms with Crippen molar-refractivity contribution in [1.29, 1.82) is 0 Å². The number of amides is 3. The third-order valence-corrected chi connectivity index (χ3v) is 4.37. The minimum absolute atomic E-state index is 0.00871. The number of halogens is 1. The normalized spacial score (nSPS) is 16.1. The van der Waals surface area contributed by atoms with Crippen LogP contribution in [0.15, 0.2) is 48.5 Å². The van der Waals surface area contributed by atoms with Crippen LogP contribution in [0.4, 0.5) is 21.9 Å². The van der Waals surface area contributed by atoms with Crippen LogP contribution in [0, 0.1) is 0 Å². The zero-order valence-corrected chi connectivity index (χ0v) is 15.0. The molecule has 1 aliphatic heterocycles. The van der Waals surface area contributed by atoms with Crippen molar-refractivity contribution in [2.24, 2.45) is 0 Å². The van der Waals surface area contributed by atoms with Crippen LogP contribution in [-0.4, -0.2) is 24.5 Å². The molecule has 136 valence electrons. The van der Waals surface area contributed by atoms with Gasteiger partial charge in [-0.05, 0) is 67.9 Å². The third kappa shape index (κ3) is 5.47. The number of benzene rings is 2. The Morgan fingerprint density at radius 2 is 1.46 bits per heavy atom. The van der Waals surface area contributed by atoms with E-state index in [2.05, 4.69) is 21.3 Å². The van der Waals surface area contributed by atoms with Gasteiger partial charge in [0.05, 0.1) is 0 Å². The fourth-order valence-corrected chi connectivity index (χ4v) is 2.96. The lowest BCUT2D eigenvalue weighted by molar-refractivity contribution is -0.116. The Bertz CT molecular complexity index is 756. The molecule has 2 aromatic rings. The number of urea groups is 1. The lowest BCUT2D eigenvalue weighted by Crippen LogP contribution is -2.27. The summed E-state index contributed by atoms with van der Waals surface area (Å²) < 4.78 is 0. The molecular weight excluding hydrogens is 352 g/mol. The van der Waals surface area contributed by atoms with E-state index < -0.39 is 0 Å². The van der Waals surface area contributed by atoms with E-state index in [4.69, 9.17) is 11.6 Å². The Kier molecular flexibility index (Phi) is 6.09. The van der Waals surface area contributed by atoms with Gasteiger partial charge in [0.2, 0.25) is 5.91 Å². The average molecular weight is 373 g/mol. The van der Waals surface area contributed by atoms with Crippen molar-refractivity contribution >= 4 is 40.6 Å². The molecule has 0 spiro atoms. The fourth-order valence-electron chi connectivity index (χ4n) is 2.83. The Morgan fingerprint density at radius 3 is 2.00 bits per heavy atom. The molecule has 4 N–H and O–H groups in total. The molecule has 1 aliphatic rings. The van der Waals surface area contributed by atoms with Gasteiger partial charge in [-0.3, -0.25) is 4.79 Å². The summed E-state index contributed by atoms with van der Waals surface area (Å²) in [6, 6.07) is 13.8. The van der Waals surface area contributed by atoms with Crippen LogP contribution >= 0.6 is 11.6 Å². The van der Waals surface area contributed by atoms with E-state index in [1.165, 1.54) is 0 Å². The van der Waals surface area contributed by atoms with E-state index in [9.17, 15) is 9.59 Å². The highest BCUT2D eigenvalue weighted by Gasteiger charge is 2.17. The minimum Gasteiger partial charge on any atom is -0.326 e. The number of carbonyl (C=O) groups is 2. The van der Waals surface area contributed by atoms with E-state index in [-0.39, 0.29) is 18.0 Å². The van der Waals surface area contributed by atoms with E-state index in [0.717, 1.165) is 19.4 Å². The quantitative estimate of drug-likeness (QED) is 0.638. The molecule has 7 heteroatoms. The zero-order chi connectivity index (χ0) is 18.4. The van der Waals surface area contributed by atoms with Crippen LogP contribution in [0.3, 0.4) is 0 Å². The number of rotatable bonds is 5. The first kappa shape index (κ1) is 18.2. The molecule has 0 radical (unpaired) electrons.